The van der Waals surface area contributed by atoms with Gasteiger partial charge in [0.2, 0.25) is 0 Å². The van der Waals surface area contributed by atoms with Crippen molar-refractivity contribution in [1.29, 1.82) is 0 Å². The van der Waals surface area contributed by atoms with Crippen LogP contribution in [0.2, 0.25) is 0 Å². The van der Waals surface area contributed by atoms with Crippen LogP contribution in [0.25, 0.3) is 0 Å². The first-order valence-corrected chi connectivity index (χ1v) is 7.20. The van der Waals surface area contributed by atoms with Crippen molar-refractivity contribution in [3.8, 4) is 0 Å². The van der Waals surface area contributed by atoms with Gasteiger partial charge in [0.25, 0.3) is 0 Å². The van der Waals surface area contributed by atoms with E-state index in [2.05, 4.69) is 36.5 Å². The summed E-state index contributed by atoms with van der Waals surface area (Å²) >= 11 is 0. The lowest BCUT2D eigenvalue weighted by Crippen LogP contribution is -2.44. The molecule has 2 atom stereocenters. The Balaban J connectivity index is 1.62. The highest BCUT2D eigenvalue weighted by Crippen LogP contribution is 2.26. The van der Waals surface area contributed by atoms with E-state index in [4.69, 9.17) is 4.74 Å². The number of benzene rings is 1. The van der Waals surface area contributed by atoms with Crippen molar-refractivity contribution in [2.75, 3.05) is 13.2 Å². The molecule has 1 heterocycles. The Bertz CT molecular complexity index is 383. The van der Waals surface area contributed by atoms with Crippen LogP contribution < -0.4 is 5.32 Å². The molecule has 0 bridgehead atoms. The average molecular weight is 245 g/mol. The summed E-state index contributed by atoms with van der Waals surface area (Å²) in [5.74, 6) is 0.641. The van der Waals surface area contributed by atoms with E-state index >= 15 is 0 Å². The van der Waals surface area contributed by atoms with Gasteiger partial charge in [-0.3, -0.25) is 0 Å². The maximum Gasteiger partial charge on any atom is 0.0512 e. The minimum Gasteiger partial charge on any atom is -0.381 e. The number of nitrogens with one attached hydrogen (secondary N) is 1. The van der Waals surface area contributed by atoms with Crippen LogP contribution in [0.5, 0.6) is 0 Å². The molecule has 1 saturated heterocycles. The van der Waals surface area contributed by atoms with Crippen molar-refractivity contribution in [3.05, 3.63) is 35.4 Å². The first-order chi connectivity index (χ1) is 8.81. The minimum absolute atomic E-state index is 0.641. The number of aryl methyl sites for hydroxylation is 1. The molecule has 1 aliphatic heterocycles. The van der Waals surface area contributed by atoms with Crippen LogP contribution in [0, 0.1) is 12.8 Å². The molecule has 18 heavy (non-hydrogen) atoms. The van der Waals surface area contributed by atoms with E-state index in [0.717, 1.165) is 25.7 Å². The summed E-state index contributed by atoms with van der Waals surface area (Å²) in [6.07, 6.45) is 5.06. The summed E-state index contributed by atoms with van der Waals surface area (Å²) < 4.78 is 5.67. The second kappa shape index (κ2) is 5.41. The third-order valence-electron chi connectivity index (χ3n) is 4.12. The van der Waals surface area contributed by atoms with E-state index < -0.39 is 0 Å². The molecule has 0 amide bonds. The van der Waals surface area contributed by atoms with Crippen molar-refractivity contribution in [1.82, 2.24) is 5.32 Å². The molecule has 2 fully saturated rings. The molecule has 98 valence electrons. The van der Waals surface area contributed by atoms with Crippen molar-refractivity contribution < 1.29 is 4.74 Å². The van der Waals surface area contributed by atoms with Gasteiger partial charge in [-0.15, -0.1) is 0 Å². The first-order valence-electron chi connectivity index (χ1n) is 7.20. The zero-order chi connectivity index (χ0) is 12.4. The lowest BCUT2D eigenvalue weighted by molar-refractivity contribution is 0.0316. The van der Waals surface area contributed by atoms with Gasteiger partial charge in [0.05, 0.1) is 6.61 Å². The van der Waals surface area contributed by atoms with Gasteiger partial charge in [-0.05, 0) is 38.2 Å². The molecule has 2 heteroatoms. The van der Waals surface area contributed by atoms with Crippen LogP contribution in [0.15, 0.2) is 24.3 Å². The van der Waals surface area contributed by atoms with Crippen molar-refractivity contribution in [2.45, 2.75) is 44.7 Å². The van der Waals surface area contributed by atoms with Gasteiger partial charge in [-0.2, -0.15) is 0 Å². The fourth-order valence-electron chi connectivity index (χ4n) is 2.80. The van der Waals surface area contributed by atoms with Gasteiger partial charge < -0.3 is 10.1 Å². The Morgan fingerprint density at radius 2 is 1.94 bits per heavy atom. The first kappa shape index (κ1) is 12.2. The molecule has 1 saturated carbocycles. The van der Waals surface area contributed by atoms with Crippen LogP contribution in [0.1, 0.15) is 30.4 Å². The van der Waals surface area contributed by atoms with Crippen molar-refractivity contribution >= 4 is 0 Å². The zero-order valence-corrected chi connectivity index (χ0v) is 11.2. The maximum absolute atomic E-state index is 5.67. The van der Waals surface area contributed by atoms with E-state index in [-0.39, 0.29) is 0 Å². The van der Waals surface area contributed by atoms with Gasteiger partial charge in [0, 0.05) is 24.6 Å². The van der Waals surface area contributed by atoms with Crippen LogP contribution in [0.4, 0.5) is 0 Å². The maximum atomic E-state index is 5.67. The standard InChI is InChI=1S/C16H23NO/c1-12-2-4-13(5-3-12)10-14-11-18-9-8-16(14)17-15-6-7-15/h2-5,14-17H,6-11H2,1H3/t14-,16+/m0/s1. The molecule has 1 N–H and O–H groups in total. The highest BCUT2D eigenvalue weighted by Gasteiger charge is 2.31. The molecule has 1 aromatic rings. The average Bonchev–Trinajstić information content (AvgIpc) is 3.18. The number of rotatable bonds is 4. The molecule has 2 aliphatic rings. The monoisotopic (exact) mass is 245 g/mol. The molecule has 1 aliphatic carbocycles. The van der Waals surface area contributed by atoms with Crippen LogP contribution in [0.3, 0.4) is 0 Å². The van der Waals surface area contributed by atoms with E-state index in [0.29, 0.717) is 12.0 Å². The Morgan fingerprint density at radius 1 is 1.17 bits per heavy atom. The summed E-state index contributed by atoms with van der Waals surface area (Å²) in [6, 6.07) is 10.4. The molecule has 0 spiro atoms. The Kier molecular flexibility index (Phi) is 3.67. The van der Waals surface area contributed by atoms with Crippen LogP contribution in [-0.4, -0.2) is 25.3 Å². The highest BCUT2D eigenvalue weighted by molar-refractivity contribution is 5.22. The van der Waals surface area contributed by atoms with Crippen LogP contribution in [-0.2, 0) is 11.2 Å². The summed E-state index contributed by atoms with van der Waals surface area (Å²) in [6.45, 7) is 3.98. The molecular formula is C16H23NO. The normalized spacial score (nSPS) is 28.3. The Hall–Kier alpha value is -0.860. The van der Waals surface area contributed by atoms with Gasteiger partial charge in [0.15, 0.2) is 0 Å². The highest BCUT2D eigenvalue weighted by atomic mass is 16.5. The largest absolute Gasteiger partial charge is 0.381 e. The quantitative estimate of drug-likeness (QED) is 0.880. The summed E-state index contributed by atoms with van der Waals surface area (Å²) in [5, 5.41) is 3.79. The number of ether oxygens (including phenoxy) is 1. The second-order valence-corrected chi connectivity index (χ2v) is 5.86. The topological polar surface area (TPSA) is 21.3 Å². The van der Waals surface area contributed by atoms with Gasteiger partial charge in [-0.25, -0.2) is 0 Å². The lowest BCUT2D eigenvalue weighted by atomic mass is 9.89. The number of hydrogen-bond acceptors (Lipinski definition) is 2. The molecule has 0 unspecified atom stereocenters. The van der Waals surface area contributed by atoms with Gasteiger partial charge >= 0.3 is 0 Å². The Morgan fingerprint density at radius 3 is 2.67 bits per heavy atom. The fourth-order valence-corrected chi connectivity index (χ4v) is 2.80. The predicted octanol–water partition coefficient (Wildman–Crippen LogP) is 2.69. The lowest BCUT2D eigenvalue weighted by Gasteiger charge is -2.32. The summed E-state index contributed by atoms with van der Waals surface area (Å²) in [5.41, 5.74) is 2.78. The van der Waals surface area contributed by atoms with Crippen LogP contribution >= 0.6 is 0 Å². The molecule has 2 nitrogen and oxygen atoms in total. The smallest absolute Gasteiger partial charge is 0.0512 e. The van der Waals surface area contributed by atoms with E-state index in [1.54, 1.807) is 0 Å². The third kappa shape index (κ3) is 3.12. The predicted molar refractivity (Wildman–Crippen MR) is 73.8 cm³/mol. The summed E-state index contributed by atoms with van der Waals surface area (Å²) in [7, 11) is 0. The molecule has 0 radical (unpaired) electrons. The van der Waals surface area contributed by atoms with Gasteiger partial charge in [0.1, 0.15) is 0 Å². The zero-order valence-electron chi connectivity index (χ0n) is 11.2. The van der Waals surface area contributed by atoms with Crippen molar-refractivity contribution in [3.63, 3.8) is 0 Å². The SMILES string of the molecule is Cc1ccc(C[C@H]2COCC[C@H]2NC2CC2)cc1. The minimum atomic E-state index is 0.641. The van der Waals surface area contributed by atoms with E-state index in [1.165, 1.54) is 30.4 Å². The third-order valence-corrected chi connectivity index (χ3v) is 4.12. The summed E-state index contributed by atoms with van der Waals surface area (Å²) in [4.78, 5) is 0. The molecule has 3 rings (SSSR count). The number of hydrogen-bond donors (Lipinski definition) is 1. The van der Waals surface area contributed by atoms with E-state index in [1.807, 2.05) is 0 Å². The van der Waals surface area contributed by atoms with Gasteiger partial charge in [-0.1, -0.05) is 29.8 Å². The molecule has 0 aromatic heterocycles. The second-order valence-electron chi connectivity index (χ2n) is 5.86. The molecular weight excluding hydrogens is 222 g/mol. The Labute approximate surface area is 110 Å². The van der Waals surface area contributed by atoms with Crippen molar-refractivity contribution in [2.24, 2.45) is 5.92 Å². The van der Waals surface area contributed by atoms with E-state index in [9.17, 15) is 0 Å². The molecule has 1 aromatic carbocycles. The fraction of sp³-hybridized carbons (Fsp3) is 0.625.